The van der Waals surface area contributed by atoms with Gasteiger partial charge in [-0.2, -0.15) is 0 Å². The van der Waals surface area contributed by atoms with E-state index in [0.717, 1.165) is 5.56 Å². The summed E-state index contributed by atoms with van der Waals surface area (Å²) in [5, 5.41) is 5.15. The van der Waals surface area contributed by atoms with E-state index in [0.29, 0.717) is 5.69 Å². The van der Waals surface area contributed by atoms with Crippen LogP contribution in [0.2, 0.25) is 0 Å². The Morgan fingerprint density at radius 2 is 1.52 bits per heavy atom. The summed E-state index contributed by atoms with van der Waals surface area (Å²) in [7, 11) is 0. The lowest BCUT2D eigenvalue weighted by atomic mass is 9.85. The monoisotopic (exact) mass is 396 g/mol. The molecule has 0 aromatic heterocycles. The summed E-state index contributed by atoms with van der Waals surface area (Å²) in [6.45, 7) is 5.63. The maximum Gasteiger partial charge on any atom is 0.316 e. The van der Waals surface area contributed by atoms with Crippen molar-refractivity contribution in [1.82, 2.24) is 0 Å². The number of carbonyl (C=O) groups is 4. The van der Waals surface area contributed by atoms with Gasteiger partial charge >= 0.3 is 5.97 Å². The fourth-order valence-corrected chi connectivity index (χ4v) is 2.72. The summed E-state index contributed by atoms with van der Waals surface area (Å²) < 4.78 is 5.26. The molecule has 2 aromatic carbocycles. The molecule has 152 valence electrons. The second-order valence-electron chi connectivity index (χ2n) is 7.11. The molecule has 0 aliphatic heterocycles. The third-order valence-corrected chi connectivity index (χ3v) is 4.29. The topological polar surface area (TPSA) is 102 Å². The average molecular weight is 396 g/mol. The number of hydrogen-bond acceptors (Lipinski definition) is 5. The maximum absolute atomic E-state index is 12.6. The van der Waals surface area contributed by atoms with Crippen molar-refractivity contribution in [3.05, 3.63) is 59.7 Å². The molecule has 0 spiro atoms. The van der Waals surface area contributed by atoms with E-state index in [4.69, 9.17) is 4.74 Å². The van der Waals surface area contributed by atoms with Crippen molar-refractivity contribution < 1.29 is 23.9 Å². The van der Waals surface area contributed by atoms with Gasteiger partial charge in [0.25, 0.3) is 0 Å². The van der Waals surface area contributed by atoms with E-state index >= 15 is 0 Å². The lowest BCUT2D eigenvalue weighted by Crippen LogP contribution is -2.32. The first-order valence-corrected chi connectivity index (χ1v) is 9.06. The zero-order valence-electron chi connectivity index (χ0n) is 16.9. The molecule has 0 saturated carbocycles. The molecular formula is C22H24N2O5. The second kappa shape index (κ2) is 9.14. The van der Waals surface area contributed by atoms with Crippen LogP contribution < -0.4 is 10.6 Å². The Labute approximate surface area is 169 Å². The van der Waals surface area contributed by atoms with Crippen molar-refractivity contribution in [2.24, 2.45) is 0 Å². The summed E-state index contributed by atoms with van der Waals surface area (Å²) in [5.74, 6) is -1.66. The van der Waals surface area contributed by atoms with Crippen molar-refractivity contribution in [3.8, 4) is 0 Å². The van der Waals surface area contributed by atoms with Gasteiger partial charge in [-0.15, -0.1) is 0 Å². The van der Waals surface area contributed by atoms with Gasteiger partial charge in [-0.05, 0) is 37.6 Å². The molecule has 0 heterocycles. The Balaban J connectivity index is 2.16. The second-order valence-corrected chi connectivity index (χ2v) is 7.11. The van der Waals surface area contributed by atoms with E-state index in [-0.39, 0.29) is 23.1 Å². The summed E-state index contributed by atoms with van der Waals surface area (Å²) in [6.07, 6.45) is 0. The first-order valence-electron chi connectivity index (χ1n) is 9.06. The van der Waals surface area contributed by atoms with Gasteiger partial charge in [0.2, 0.25) is 17.6 Å². The summed E-state index contributed by atoms with van der Waals surface area (Å²) in [4.78, 5) is 47.9. The molecule has 2 N–H and O–H groups in total. The van der Waals surface area contributed by atoms with Crippen LogP contribution in [0.3, 0.4) is 0 Å². The maximum atomic E-state index is 12.6. The molecule has 2 rings (SSSR count). The van der Waals surface area contributed by atoms with E-state index in [1.807, 2.05) is 30.3 Å². The Morgan fingerprint density at radius 1 is 0.897 bits per heavy atom. The van der Waals surface area contributed by atoms with Gasteiger partial charge in [0.1, 0.15) is 0 Å². The molecule has 0 radical (unpaired) electrons. The Bertz CT molecular complexity index is 935. The van der Waals surface area contributed by atoms with Gasteiger partial charge in [0, 0.05) is 25.1 Å². The molecule has 0 aliphatic carbocycles. The van der Waals surface area contributed by atoms with E-state index in [1.165, 1.54) is 32.0 Å². The van der Waals surface area contributed by atoms with Gasteiger partial charge in [0.05, 0.1) is 11.1 Å². The molecule has 0 fully saturated rings. The van der Waals surface area contributed by atoms with Crippen LogP contribution >= 0.6 is 0 Å². The van der Waals surface area contributed by atoms with Crippen LogP contribution in [0.4, 0.5) is 11.4 Å². The third-order valence-electron chi connectivity index (χ3n) is 4.29. The summed E-state index contributed by atoms with van der Waals surface area (Å²) in [5.41, 5.74) is 0.694. The Hall–Kier alpha value is -3.48. The van der Waals surface area contributed by atoms with Gasteiger partial charge in [-0.25, -0.2) is 0 Å². The van der Waals surface area contributed by atoms with E-state index in [2.05, 4.69) is 10.6 Å². The first kappa shape index (κ1) is 21.8. The average Bonchev–Trinajstić information content (AvgIpc) is 2.65. The number of carbonyl (C=O) groups excluding carboxylic acids is 4. The van der Waals surface area contributed by atoms with E-state index < -0.39 is 23.8 Å². The molecule has 7 nitrogen and oxygen atoms in total. The molecule has 0 unspecified atom stereocenters. The number of esters is 1. The fourth-order valence-electron chi connectivity index (χ4n) is 2.72. The Morgan fingerprint density at radius 3 is 2.10 bits per heavy atom. The zero-order chi connectivity index (χ0) is 21.6. The Kier molecular flexibility index (Phi) is 6.88. The highest BCUT2D eigenvalue weighted by Gasteiger charge is 2.32. The van der Waals surface area contributed by atoms with Crippen LogP contribution in [-0.2, 0) is 24.5 Å². The fraction of sp³-hybridized carbons (Fsp3) is 0.273. The minimum atomic E-state index is -0.919. The zero-order valence-corrected chi connectivity index (χ0v) is 16.9. The lowest BCUT2D eigenvalue weighted by Gasteiger charge is -2.23. The highest BCUT2D eigenvalue weighted by atomic mass is 16.5. The smallest absolute Gasteiger partial charge is 0.316 e. The van der Waals surface area contributed by atoms with Crippen molar-refractivity contribution in [2.45, 2.75) is 33.1 Å². The van der Waals surface area contributed by atoms with Gasteiger partial charge in [-0.3, -0.25) is 19.2 Å². The molecule has 0 atom stereocenters. The quantitative estimate of drug-likeness (QED) is 0.552. The predicted octanol–water partition coefficient (Wildman–Crippen LogP) is 3.31. The van der Waals surface area contributed by atoms with Crippen LogP contribution in [0, 0.1) is 0 Å². The van der Waals surface area contributed by atoms with E-state index in [1.54, 1.807) is 13.8 Å². The van der Waals surface area contributed by atoms with Crippen LogP contribution in [0.25, 0.3) is 0 Å². The molecular weight excluding hydrogens is 372 g/mol. The molecule has 0 bridgehead atoms. The lowest BCUT2D eigenvalue weighted by molar-refractivity contribution is -0.148. The molecule has 0 saturated heterocycles. The molecule has 0 aliphatic rings. The minimum absolute atomic E-state index is 0.180. The molecule has 2 amide bonds. The van der Waals surface area contributed by atoms with Crippen LogP contribution in [0.15, 0.2) is 48.5 Å². The van der Waals surface area contributed by atoms with Crippen LogP contribution in [-0.4, -0.2) is 30.2 Å². The number of anilines is 2. The number of benzene rings is 2. The molecule has 2 aromatic rings. The normalized spacial score (nSPS) is 10.8. The predicted molar refractivity (Wildman–Crippen MR) is 110 cm³/mol. The highest BCUT2D eigenvalue weighted by molar-refractivity contribution is 6.06. The number of ether oxygens (including phenoxy) is 1. The third kappa shape index (κ3) is 5.75. The number of Topliss-reactive ketones (excluding diaryl/α,β-unsaturated/α-hetero) is 1. The largest absolute Gasteiger partial charge is 0.457 e. The summed E-state index contributed by atoms with van der Waals surface area (Å²) in [6, 6.07) is 13.6. The van der Waals surface area contributed by atoms with Crippen molar-refractivity contribution in [3.63, 3.8) is 0 Å². The number of hydrogen-bond donors (Lipinski definition) is 2. The van der Waals surface area contributed by atoms with Crippen LogP contribution in [0.5, 0.6) is 0 Å². The number of amides is 2. The van der Waals surface area contributed by atoms with Gasteiger partial charge in [-0.1, -0.05) is 30.3 Å². The minimum Gasteiger partial charge on any atom is -0.457 e. The SMILES string of the molecule is CC(=O)Nc1ccc(C(=O)COC(=O)C(C)(C)c2ccccc2)c(NC(C)=O)c1. The number of nitrogens with one attached hydrogen (secondary N) is 2. The highest BCUT2D eigenvalue weighted by Crippen LogP contribution is 2.25. The number of ketones is 1. The van der Waals surface area contributed by atoms with Gasteiger partial charge < -0.3 is 15.4 Å². The van der Waals surface area contributed by atoms with Crippen molar-refractivity contribution in [2.75, 3.05) is 17.2 Å². The van der Waals surface area contributed by atoms with Crippen LogP contribution in [0.1, 0.15) is 43.6 Å². The van der Waals surface area contributed by atoms with E-state index in [9.17, 15) is 19.2 Å². The van der Waals surface area contributed by atoms with Gasteiger partial charge in [0.15, 0.2) is 6.61 Å². The van der Waals surface area contributed by atoms with Crippen molar-refractivity contribution >= 4 is 34.9 Å². The first-order chi connectivity index (χ1) is 13.6. The van der Waals surface area contributed by atoms with Crippen molar-refractivity contribution in [1.29, 1.82) is 0 Å². The standard InChI is InChI=1S/C22H24N2O5/c1-14(25)23-17-10-11-18(19(12-17)24-15(2)26)20(27)13-29-21(28)22(3,4)16-8-6-5-7-9-16/h5-12H,13H2,1-4H3,(H,23,25)(H,24,26). The molecule has 7 heteroatoms. The molecule has 29 heavy (non-hydrogen) atoms. The number of rotatable bonds is 7. The summed E-state index contributed by atoms with van der Waals surface area (Å²) >= 11 is 0.